The number of Topliss-reactive ketones (excluding diaryl/α,β-unsaturated/α-hetero) is 1. The topological polar surface area (TPSA) is 59.8 Å². The first-order valence-electron chi connectivity index (χ1n) is 11.4. The number of aromatic nitrogens is 3. The number of carbonyl (C=O) groups excluding carboxylic acids is 1. The maximum absolute atomic E-state index is 13.7. The van der Waals surface area contributed by atoms with E-state index in [1.807, 2.05) is 12.1 Å². The molecule has 0 amide bonds. The van der Waals surface area contributed by atoms with E-state index in [-0.39, 0.29) is 22.4 Å². The van der Waals surface area contributed by atoms with Gasteiger partial charge in [-0.05, 0) is 40.5 Å². The van der Waals surface area contributed by atoms with Gasteiger partial charge in [0.25, 0.3) is 0 Å². The van der Waals surface area contributed by atoms with Crippen LogP contribution < -0.4 is 5.32 Å². The third-order valence-corrected chi connectivity index (χ3v) is 6.53. The second-order valence-electron chi connectivity index (χ2n) is 10.9. The molecular weight excluding hydrogens is 415 g/mol. The molecule has 1 aliphatic carbocycles. The molecule has 1 aliphatic heterocycles. The molecule has 2 aromatic carbocycles. The van der Waals surface area contributed by atoms with Crippen molar-refractivity contribution in [1.29, 1.82) is 0 Å². The highest BCUT2D eigenvalue weighted by Crippen LogP contribution is 2.45. The first-order chi connectivity index (χ1) is 15.5. The first kappa shape index (κ1) is 21.6. The fourth-order valence-electron chi connectivity index (χ4n) is 4.80. The van der Waals surface area contributed by atoms with Crippen LogP contribution in [-0.4, -0.2) is 20.5 Å². The Bertz CT molecular complexity index is 1260. The number of halogens is 1. The fraction of sp³-hybridized carbons (Fsp3) is 0.370. The zero-order chi connectivity index (χ0) is 23.5. The Morgan fingerprint density at radius 3 is 2.33 bits per heavy atom. The summed E-state index contributed by atoms with van der Waals surface area (Å²) < 4.78 is 15.5. The van der Waals surface area contributed by atoms with Crippen LogP contribution in [0.25, 0.3) is 11.4 Å². The zero-order valence-electron chi connectivity index (χ0n) is 19.7. The summed E-state index contributed by atoms with van der Waals surface area (Å²) in [6.07, 6.45) is 1.21. The molecule has 1 N–H and O–H groups in total. The van der Waals surface area contributed by atoms with Gasteiger partial charge in [-0.1, -0.05) is 71.0 Å². The molecule has 0 radical (unpaired) electrons. The number of rotatable bonds is 2. The van der Waals surface area contributed by atoms with Crippen molar-refractivity contribution >= 4 is 11.7 Å². The van der Waals surface area contributed by atoms with E-state index in [2.05, 4.69) is 52.1 Å². The van der Waals surface area contributed by atoms with Gasteiger partial charge in [0.15, 0.2) is 11.6 Å². The van der Waals surface area contributed by atoms with Gasteiger partial charge >= 0.3 is 0 Å². The molecule has 1 aromatic heterocycles. The van der Waals surface area contributed by atoms with Crippen molar-refractivity contribution in [2.45, 2.75) is 58.9 Å². The molecule has 170 valence electrons. The molecule has 33 heavy (non-hydrogen) atoms. The number of hydrogen-bond acceptors (Lipinski definition) is 4. The Morgan fingerprint density at radius 1 is 1.03 bits per heavy atom. The number of allylic oxidation sites excluding steroid dienone is 2. The summed E-state index contributed by atoms with van der Waals surface area (Å²) in [4.78, 5) is 18.1. The van der Waals surface area contributed by atoms with Crippen molar-refractivity contribution < 1.29 is 9.18 Å². The Labute approximate surface area is 193 Å². The molecular formula is C27H29FN4O. The van der Waals surface area contributed by atoms with Crippen LogP contribution in [-0.2, 0) is 10.2 Å². The van der Waals surface area contributed by atoms with Gasteiger partial charge in [0.05, 0.1) is 0 Å². The summed E-state index contributed by atoms with van der Waals surface area (Å²) in [6.45, 7) is 10.8. The average Bonchev–Trinajstić information content (AvgIpc) is 3.15. The molecule has 1 unspecified atom stereocenters. The number of carbonyl (C=O) groups is 1. The Morgan fingerprint density at radius 2 is 1.70 bits per heavy atom. The maximum Gasteiger partial charge on any atom is 0.226 e. The lowest BCUT2D eigenvalue weighted by molar-refractivity contribution is -0.118. The van der Waals surface area contributed by atoms with Gasteiger partial charge < -0.3 is 5.32 Å². The summed E-state index contributed by atoms with van der Waals surface area (Å²) >= 11 is 0. The molecule has 2 aliphatic rings. The van der Waals surface area contributed by atoms with Gasteiger partial charge in [-0.2, -0.15) is 4.98 Å². The number of ketones is 1. The molecule has 5 nitrogen and oxygen atoms in total. The monoisotopic (exact) mass is 444 g/mol. The van der Waals surface area contributed by atoms with Crippen molar-refractivity contribution in [3.05, 3.63) is 76.7 Å². The molecule has 3 aromatic rings. The van der Waals surface area contributed by atoms with Crippen LogP contribution in [0.1, 0.15) is 64.6 Å². The number of nitrogens with zero attached hydrogens (tertiary/aromatic N) is 3. The van der Waals surface area contributed by atoms with E-state index >= 15 is 0 Å². The van der Waals surface area contributed by atoms with Crippen molar-refractivity contribution in [2.24, 2.45) is 5.41 Å². The number of hydrogen-bond donors (Lipinski definition) is 1. The Kier molecular flexibility index (Phi) is 4.82. The van der Waals surface area contributed by atoms with Crippen LogP contribution in [0.2, 0.25) is 0 Å². The third-order valence-electron chi connectivity index (χ3n) is 6.53. The van der Waals surface area contributed by atoms with E-state index in [4.69, 9.17) is 10.1 Å². The van der Waals surface area contributed by atoms with Crippen LogP contribution in [0.15, 0.2) is 59.8 Å². The van der Waals surface area contributed by atoms with E-state index in [9.17, 15) is 9.18 Å². The molecule has 6 heteroatoms. The number of anilines is 1. The van der Waals surface area contributed by atoms with Gasteiger partial charge in [0, 0.05) is 23.3 Å². The van der Waals surface area contributed by atoms with Crippen molar-refractivity contribution in [3.63, 3.8) is 0 Å². The van der Waals surface area contributed by atoms with Crippen molar-refractivity contribution in [2.75, 3.05) is 5.32 Å². The molecule has 1 atom stereocenters. The molecule has 0 fully saturated rings. The summed E-state index contributed by atoms with van der Waals surface area (Å²) in [5.74, 6) is 0.983. The summed E-state index contributed by atoms with van der Waals surface area (Å²) in [6, 6.07) is 14.2. The summed E-state index contributed by atoms with van der Waals surface area (Å²) in [5.41, 5.74) is 4.48. The normalized spacial score (nSPS) is 19.7. The SMILES string of the molecule is CC1(C)CC(=O)C2=C(C1)Nc1nc(-c3ccc(C(C)(C)C)cc3)nn1C2c1ccc(F)cc1. The lowest BCUT2D eigenvalue weighted by Gasteiger charge is -2.38. The quantitative estimate of drug-likeness (QED) is 0.523. The predicted molar refractivity (Wildman–Crippen MR) is 127 cm³/mol. The van der Waals surface area contributed by atoms with Crippen LogP contribution in [0.5, 0.6) is 0 Å². The molecule has 0 saturated carbocycles. The molecule has 5 rings (SSSR count). The minimum atomic E-state index is -0.435. The standard InChI is InChI=1S/C27H29FN4O/c1-26(2,3)18-10-6-17(7-11-18)24-30-25-29-20-14-27(4,5)15-21(33)22(20)23(32(25)31-24)16-8-12-19(28)13-9-16/h6-13,23H,14-15H2,1-5H3,(H,29,30,31). The number of fused-ring (bicyclic) bond motifs is 1. The minimum absolute atomic E-state index is 0.0603. The van der Waals surface area contributed by atoms with Crippen molar-refractivity contribution in [1.82, 2.24) is 14.8 Å². The summed E-state index contributed by atoms with van der Waals surface area (Å²) in [7, 11) is 0. The molecule has 0 bridgehead atoms. The average molecular weight is 445 g/mol. The smallest absolute Gasteiger partial charge is 0.226 e. The highest BCUT2D eigenvalue weighted by Gasteiger charge is 2.41. The summed E-state index contributed by atoms with van der Waals surface area (Å²) in [5, 5.41) is 8.21. The first-order valence-corrected chi connectivity index (χ1v) is 11.4. The van der Waals surface area contributed by atoms with Crippen LogP contribution in [0, 0.1) is 11.2 Å². The second-order valence-corrected chi connectivity index (χ2v) is 10.9. The Balaban J connectivity index is 1.62. The van der Waals surface area contributed by atoms with E-state index in [0.29, 0.717) is 23.8 Å². The highest BCUT2D eigenvalue weighted by molar-refractivity contribution is 6.00. The van der Waals surface area contributed by atoms with Crippen LogP contribution in [0.3, 0.4) is 0 Å². The van der Waals surface area contributed by atoms with Gasteiger partial charge in [-0.3, -0.25) is 4.79 Å². The third kappa shape index (κ3) is 3.88. The lowest BCUT2D eigenvalue weighted by atomic mass is 9.73. The molecule has 2 heterocycles. The maximum atomic E-state index is 13.7. The van der Waals surface area contributed by atoms with Gasteiger partial charge in [-0.15, -0.1) is 5.10 Å². The minimum Gasteiger partial charge on any atom is -0.328 e. The van der Waals surface area contributed by atoms with Crippen LogP contribution in [0.4, 0.5) is 10.3 Å². The lowest BCUT2D eigenvalue weighted by Crippen LogP contribution is -2.36. The van der Waals surface area contributed by atoms with E-state index in [1.54, 1.807) is 16.8 Å². The Hall–Kier alpha value is -3.28. The molecule has 0 saturated heterocycles. The van der Waals surface area contributed by atoms with E-state index in [1.165, 1.54) is 17.7 Å². The van der Waals surface area contributed by atoms with Crippen molar-refractivity contribution in [3.8, 4) is 11.4 Å². The van der Waals surface area contributed by atoms with Gasteiger partial charge in [0.2, 0.25) is 5.95 Å². The van der Waals surface area contributed by atoms with Gasteiger partial charge in [-0.25, -0.2) is 9.07 Å². The van der Waals surface area contributed by atoms with E-state index < -0.39 is 6.04 Å². The zero-order valence-corrected chi connectivity index (χ0v) is 19.7. The second kappa shape index (κ2) is 7.37. The van der Waals surface area contributed by atoms with Crippen LogP contribution >= 0.6 is 0 Å². The van der Waals surface area contributed by atoms with E-state index in [0.717, 1.165) is 23.2 Å². The fourth-order valence-corrected chi connectivity index (χ4v) is 4.80. The predicted octanol–water partition coefficient (Wildman–Crippen LogP) is 6.04. The largest absolute Gasteiger partial charge is 0.328 e. The van der Waals surface area contributed by atoms with Gasteiger partial charge in [0.1, 0.15) is 11.9 Å². The number of nitrogens with one attached hydrogen (secondary N) is 1. The number of benzene rings is 2. The highest BCUT2D eigenvalue weighted by atomic mass is 19.1. The molecule has 0 spiro atoms.